The molecule has 0 radical (unpaired) electrons. The van der Waals surface area contributed by atoms with Gasteiger partial charge in [-0.15, -0.1) is 0 Å². The van der Waals surface area contributed by atoms with E-state index < -0.39 is 30.4 Å². The minimum atomic E-state index is -3.80. The van der Waals surface area contributed by atoms with Gasteiger partial charge in [0.2, 0.25) is 5.78 Å². The maximum atomic E-state index is 13.0. The molecule has 5 N–H and O–H groups in total. The molecule has 0 aliphatic carbocycles. The number of aldehydes is 1. The monoisotopic (exact) mass is 211 g/mol. The van der Waals surface area contributed by atoms with Crippen LogP contribution in [0.4, 0.5) is 4.39 Å². The number of hydrogen-bond donors (Lipinski definition) is 5. The fraction of sp³-hybridized carbons (Fsp3) is 0.667. The first-order chi connectivity index (χ1) is 6.41. The highest BCUT2D eigenvalue weighted by Gasteiger charge is 2.46. The second-order valence-corrected chi connectivity index (χ2v) is 2.48. The summed E-state index contributed by atoms with van der Waals surface area (Å²) in [6.45, 7) is -1.21. The predicted molar refractivity (Wildman–Crippen MR) is 38.9 cm³/mol. The molecule has 3 atom stereocenters. The van der Waals surface area contributed by atoms with Crippen molar-refractivity contribution in [3.05, 3.63) is 0 Å². The van der Waals surface area contributed by atoms with Gasteiger partial charge in [0, 0.05) is 0 Å². The molecule has 0 bridgehead atoms. The molecule has 0 unspecified atom stereocenters. The third-order valence-corrected chi connectivity index (χ3v) is 1.52. The number of carbonyl (C=O) groups excluding carboxylic acids is 2. The fourth-order valence-electron chi connectivity index (χ4n) is 0.654. The summed E-state index contributed by atoms with van der Waals surface area (Å²) in [7, 11) is 0. The number of halogens is 1. The largest absolute Gasteiger partial charge is 0.393 e. The number of aliphatic hydroxyl groups is 3. The fourth-order valence-corrected chi connectivity index (χ4v) is 0.654. The van der Waals surface area contributed by atoms with Crippen LogP contribution in [0.15, 0.2) is 0 Å². The highest BCUT2D eigenvalue weighted by Crippen LogP contribution is 2.15. The third-order valence-electron chi connectivity index (χ3n) is 1.52. The van der Waals surface area contributed by atoms with Crippen LogP contribution in [0.3, 0.4) is 0 Å². The normalized spacial score (nSPS) is 19.5. The van der Waals surface area contributed by atoms with Gasteiger partial charge in [0.05, 0.1) is 6.61 Å². The average molecular weight is 211 g/mol. The van der Waals surface area contributed by atoms with Gasteiger partial charge in [-0.1, -0.05) is 0 Å². The zero-order valence-electron chi connectivity index (χ0n) is 6.92. The van der Waals surface area contributed by atoms with Crippen molar-refractivity contribution >= 4 is 12.1 Å². The van der Waals surface area contributed by atoms with Crippen molar-refractivity contribution < 1.29 is 34.5 Å². The molecule has 0 aromatic carbocycles. The smallest absolute Gasteiger partial charge is 0.296 e. The summed E-state index contributed by atoms with van der Waals surface area (Å²) in [5.41, 5.74) is 1.13. The summed E-state index contributed by atoms with van der Waals surface area (Å²) < 4.78 is 13.0. The molecular formula is C6H10FNO6. The number of Topliss-reactive ketones (excluding diaryl/α,β-unsaturated/α-hetero) is 1. The Morgan fingerprint density at radius 2 is 2.14 bits per heavy atom. The molecule has 0 aromatic rings. The van der Waals surface area contributed by atoms with E-state index in [9.17, 15) is 14.0 Å². The minimum absolute atomic E-state index is 0.170. The van der Waals surface area contributed by atoms with Gasteiger partial charge >= 0.3 is 0 Å². The first-order valence-electron chi connectivity index (χ1n) is 3.51. The topological polar surface area (TPSA) is 127 Å². The zero-order chi connectivity index (χ0) is 11.4. The first-order valence-corrected chi connectivity index (χ1v) is 3.51. The van der Waals surface area contributed by atoms with Crippen molar-refractivity contribution in [3.63, 3.8) is 0 Å². The lowest BCUT2D eigenvalue weighted by molar-refractivity contribution is -0.194. The summed E-state index contributed by atoms with van der Waals surface area (Å²) >= 11 is 0. The summed E-state index contributed by atoms with van der Waals surface area (Å²) in [5.74, 6) is -5.59. The second-order valence-electron chi connectivity index (χ2n) is 2.48. The Morgan fingerprint density at radius 3 is 2.43 bits per heavy atom. The Morgan fingerprint density at radius 1 is 1.64 bits per heavy atom. The highest BCUT2D eigenvalue weighted by molar-refractivity contribution is 6.01. The van der Waals surface area contributed by atoms with E-state index in [4.69, 9.17) is 20.5 Å². The molecule has 0 heterocycles. The van der Waals surface area contributed by atoms with Gasteiger partial charge in [-0.3, -0.25) is 4.79 Å². The molecule has 7 nitrogen and oxygen atoms in total. The molecule has 0 aliphatic heterocycles. The van der Waals surface area contributed by atoms with Crippen LogP contribution in [-0.2, 0) is 9.59 Å². The zero-order valence-corrected chi connectivity index (χ0v) is 6.92. The van der Waals surface area contributed by atoms with E-state index in [1.54, 1.807) is 0 Å². The van der Waals surface area contributed by atoms with E-state index in [2.05, 4.69) is 0 Å². The number of aliphatic hydroxyl groups excluding tert-OH is 2. The molecule has 0 aromatic heterocycles. The Labute approximate surface area is 77.7 Å². The van der Waals surface area contributed by atoms with Crippen LogP contribution < -0.4 is 5.48 Å². The van der Waals surface area contributed by atoms with Crippen molar-refractivity contribution in [2.75, 3.05) is 6.61 Å². The van der Waals surface area contributed by atoms with Crippen LogP contribution in [0.1, 0.15) is 0 Å². The van der Waals surface area contributed by atoms with Crippen LogP contribution in [0.5, 0.6) is 0 Å². The van der Waals surface area contributed by atoms with Crippen molar-refractivity contribution in [3.8, 4) is 0 Å². The van der Waals surface area contributed by atoms with Crippen molar-refractivity contribution in [1.82, 2.24) is 5.48 Å². The van der Waals surface area contributed by atoms with Gasteiger partial charge in [0.1, 0.15) is 12.4 Å². The third kappa shape index (κ3) is 2.53. The lowest BCUT2D eigenvalue weighted by Crippen LogP contribution is -2.55. The molecule has 0 fully saturated rings. The van der Waals surface area contributed by atoms with Gasteiger partial charge < -0.3 is 25.3 Å². The quantitative estimate of drug-likeness (QED) is 0.181. The Balaban J connectivity index is 4.72. The van der Waals surface area contributed by atoms with Gasteiger partial charge in [0.25, 0.3) is 5.85 Å². The molecule has 0 amide bonds. The number of hydroxylamine groups is 1. The molecule has 14 heavy (non-hydrogen) atoms. The molecular weight excluding hydrogens is 201 g/mol. The van der Waals surface area contributed by atoms with E-state index >= 15 is 0 Å². The summed E-state index contributed by atoms with van der Waals surface area (Å²) in [6.07, 6.45) is -2.55. The SMILES string of the molecule is O=C[C@H](NO)C(=O)[C@@](O)(F)[C@H](O)CO. The van der Waals surface area contributed by atoms with Crippen molar-refractivity contribution in [1.29, 1.82) is 0 Å². The Bertz CT molecular complexity index is 220. The van der Waals surface area contributed by atoms with Crippen LogP contribution in [0.2, 0.25) is 0 Å². The summed E-state index contributed by atoms with van der Waals surface area (Å²) in [4.78, 5) is 20.9. The van der Waals surface area contributed by atoms with Crippen LogP contribution in [0.25, 0.3) is 0 Å². The number of rotatable bonds is 6. The Kier molecular flexibility index (Phi) is 4.74. The number of hydrogen-bond acceptors (Lipinski definition) is 7. The van der Waals surface area contributed by atoms with Gasteiger partial charge in [0.15, 0.2) is 6.04 Å². The predicted octanol–water partition coefficient (Wildman–Crippen LogP) is -2.89. The van der Waals surface area contributed by atoms with E-state index in [-0.39, 0.29) is 6.29 Å². The molecule has 8 heteroatoms. The van der Waals surface area contributed by atoms with Crippen molar-refractivity contribution in [2.24, 2.45) is 0 Å². The van der Waals surface area contributed by atoms with Gasteiger partial charge in [-0.2, -0.15) is 5.48 Å². The minimum Gasteiger partial charge on any atom is -0.393 e. The number of nitrogens with one attached hydrogen (secondary N) is 1. The number of carbonyl (C=O) groups is 2. The molecule has 0 rings (SSSR count). The van der Waals surface area contributed by atoms with E-state index in [1.807, 2.05) is 0 Å². The first kappa shape index (κ1) is 13.1. The van der Waals surface area contributed by atoms with E-state index in [1.165, 1.54) is 0 Å². The second kappa shape index (κ2) is 5.08. The van der Waals surface area contributed by atoms with Gasteiger partial charge in [-0.05, 0) is 0 Å². The van der Waals surface area contributed by atoms with Gasteiger partial charge in [-0.25, -0.2) is 4.39 Å². The van der Waals surface area contributed by atoms with Crippen LogP contribution >= 0.6 is 0 Å². The number of ketones is 1. The summed E-state index contributed by atoms with van der Waals surface area (Å²) in [6, 6.07) is -2.01. The average Bonchev–Trinajstić information content (AvgIpc) is 2.18. The van der Waals surface area contributed by atoms with E-state index in [0.29, 0.717) is 0 Å². The maximum absolute atomic E-state index is 13.0. The van der Waals surface area contributed by atoms with Crippen molar-refractivity contribution in [2.45, 2.75) is 18.0 Å². The van der Waals surface area contributed by atoms with E-state index in [0.717, 1.165) is 5.48 Å². The van der Waals surface area contributed by atoms with Crippen LogP contribution in [-0.4, -0.2) is 57.2 Å². The molecule has 0 spiro atoms. The summed E-state index contributed by atoms with van der Waals surface area (Å²) in [5, 5.41) is 33.9. The Hall–Kier alpha value is -0.930. The lowest BCUT2D eigenvalue weighted by atomic mass is 10.0. The van der Waals surface area contributed by atoms with Crippen LogP contribution in [0, 0.1) is 0 Å². The molecule has 82 valence electrons. The molecule has 0 saturated heterocycles. The maximum Gasteiger partial charge on any atom is 0.296 e. The molecule has 0 aliphatic rings. The standard InChI is InChI=1S/C6H10FNO6/c7-6(13,4(11)2-10)5(12)3(1-9)8-14/h1,3-4,8,10-11,13-14H,2H2/t3-,4+,6+/m0/s1. The molecule has 0 saturated carbocycles. The number of alkyl halides is 1. The lowest BCUT2D eigenvalue weighted by Gasteiger charge is -2.23. The highest BCUT2D eigenvalue weighted by atomic mass is 19.2.